The molecular formula is C11H7BrClNO2S. The summed E-state index contributed by atoms with van der Waals surface area (Å²) in [4.78, 5) is 15.9. The van der Waals surface area contributed by atoms with Gasteiger partial charge in [-0.1, -0.05) is 23.7 Å². The second-order valence-corrected chi connectivity index (χ2v) is 5.92. The number of hydrogen-bond acceptors (Lipinski definition) is 4. The standard InChI is InChI=1S/C11H7BrClNO2S/c1-6(15)16-10-9(17-11(12)14-10)7-3-2-4-8(13)5-7/h2-5H,1H3. The summed E-state index contributed by atoms with van der Waals surface area (Å²) in [6, 6.07) is 7.31. The molecule has 0 aliphatic heterocycles. The van der Waals surface area contributed by atoms with E-state index in [-0.39, 0.29) is 0 Å². The third-order valence-corrected chi connectivity index (χ3v) is 3.67. The summed E-state index contributed by atoms with van der Waals surface area (Å²) in [5.74, 6) is -0.0947. The highest BCUT2D eigenvalue weighted by Gasteiger charge is 2.15. The van der Waals surface area contributed by atoms with E-state index in [2.05, 4.69) is 20.9 Å². The maximum absolute atomic E-state index is 11.0. The third kappa shape index (κ3) is 3.06. The first kappa shape index (κ1) is 12.5. The van der Waals surface area contributed by atoms with Crippen molar-refractivity contribution in [3.63, 3.8) is 0 Å². The smallest absolute Gasteiger partial charge is 0.309 e. The van der Waals surface area contributed by atoms with Gasteiger partial charge in [0.15, 0.2) is 3.92 Å². The van der Waals surface area contributed by atoms with Crippen molar-refractivity contribution in [2.75, 3.05) is 0 Å². The zero-order valence-electron chi connectivity index (χ0n) is 8.74. The Hall–Kier alpha value is -0.910. The predicted molar refractivity (Wildman–Crippen MR) is 71.6 cm³/mol. The summed E-state index contributed by atoms with van der Waals surface area (Å²) in [5.41, 5.74) is 0.872. The molecule has 1 heterocycles. The summed E-state index contributed by atoms with van der Waals surface area (Å²) in [5, 5.41) is 0.626. The van der Waals surface area contributed by atoms with Gasteiger partial charge >= 0.3 is 5.97 Å². The Kier molecular flexibility index (Phi) is 3.81. The van der Waals surface area contributed by atoms with Gasteiger partial charge in [-0.25, -0.2) is 0 Å². The summed E-state index contributed by atoms with van der Waals surface area (Å²) >= 11 is 10.6. The Morgan fingerprint density at radius 1 is 1.53 bits per heavy atom. The Bertz CT molecular complexity index is 570. The minimum absolute atomic E-state index is 0.302. The molecule has 0 N–H and O–H groups in total. The minimum atomic E-state index is -0.397. The summed E-state index contributed by atoms with van der Waals surface area (Å²) < 4.78 is 5.70. The van der Waals surface area contributed by atoms with Crippen molar-refractivity contribution in [2.45, 2.75) is 6.92 Å². The Labute approximate surface area is 116 Å². The third-order valence-electron chi connectivity index (χ3n) is 1.90. The molecule has 0 atom stereocenters. The van der Waals surface area contributed by atoms with Crippen LogP contribution in [-0.2, 0) is 4.79 Å². The highest BCUT2D eigenvalue weighted by molar-refractivity contribution is 9.11. The fourth-order valence-electron chi connectivity index (χ4n) is 1.30. The average Bonchev–Trinajstić information content (AvgIpc) is 2.58. The van der Waals surface area contributed by atoms with Gasteiger partial charge in [0.2, 0.25) is 5.88 Å². The van der Waals surface area contributed by atoms with Crippen LogP contribution >= 0.6 is 38.9 Å². The van der Waals surface area contributed by atoms with Crippen LogP contribution in [0.3, 0.4) is 0 Å². The van der Waals surface area contributed by atoms with Gasteiger partial charge in [0, 0.05) is 11.9 Å². The van der Waals surface area contributed by atoms with E-state index in [0.29, 0.717) is 14.8 Å². The van der Waals surface area contributed by atoms with Gasteiger partial charge in [0.05, 0.1) is 4.88 Å². The van der Waals surface area contributed by atoms with Crippen LogP contribution in [0.25, 0.3) is 10.4 Å². The number of aromatic nitrogens is 1. The zero-order valence-corrected chi connectivity index (χ0v) is 11.9. The van der Waals surface area contributed by atoms with Crippen molar-refractivity contribution in [3.05, 3.63) is 33.2 Å². The van der Waals surface area contributed by atoms with Gasteiger partial charge in [-0.15, -0.1) is 11.3 Å². The number of hydrogen-bond donors (Lipinski definition) is 0. The topological polar surface area (TPSA) is 39.2 Å². The SMILES string of the molecule is CC(=O)Oc1nc(Br)sc1-c1cccc(Cl)c1. The van der Waals surface area contributed by atoms with Crippen LogP contribution in [0, 0.1) is 0 Å². The maximum Gasteiger partial charge on any atom is 0.309 e. The quantitative estimate of drug-likeness (QED) is 0.776. The number of benzene rings is 1. The van der Waals surface area contributed by atoms with Gasteiger partial charge in [0.1, 0.15) is 0 Å². The van der Waals surface area contributed by atoms with Crippen LogP contribution in [0.4, 0.5) is 0 Å². The minimum Gasteiger partial charge on any atom is -0.406 e. The molecule has 1 aromatic heterocycles. The Morgan fingerprint density at radius 2 is 2.29 bits per heavy atom. The van der Waals surface area contributed by atoms with Crippen LogP contribution in [0.15, 0.2) is 28.2 Å². The summed E-state index contributed by atoms with van der Waals surface area (Å²) in [6.07, 6.45) is 0. The van der Waals surface area contributed by atoms with E-state index in [1.54, 1.807) is 12.1 Å². The first-order valence-electron chi connectivity index (χ1n) is 4.67. The predicted octanol–water partition coefficient (Wildman–Crippen LogP) is 4.15. The van der Waals surface area contributed by atoms with Crippen LogP contribution in [-0.4, -0.2) is 11.0 Å². The maximum atomic E-state index is 11.0. The molecule has 17 heavy (non-hydrogen) atoms. The number of ether oxygens (including phenoxy) is 1. The lowest BCUT2D eigenvalue weighted by molar-refractivity contribution is -0.132. The van der Waals surface area contributed by atoms with Crippen molar-refractivity contribution >= 4 is 44.8 Å². The largest absolute Gasteiger partial charge is 0.406 e. The number of esters is 1. The molecule has 2 aromatic rings. The lowest BCUT2D eigenvalue weighted by Gasteiger charge is -2.01. The zero-order chi connectivity index (χ0) is 12.4. The van der Waals surface area contributed by atoms with Gasteiger partial charge in [-0.3, -0.25) is 4.79 Å². The number of rotatable bonds is 2. The summed E-state index contributed by atoms with van der Waals surface area (Å²) in [6.45, 7) is 1.34. The molecule has 0 amide bonds. The molecule has 0 spiro atoms. The number of halogens is 2. The van der Waals surface area contributed by atoms with Crippen molar-refractivity contribution in [1.82, 2.24) is 4.98 Å². The van der Waals surface area contributed by atoms with Gasteiger partial charge < -0.3 is 4.74 Å². The number of carbonyl (C=O) groups is 1. The van der Waals surface area contributed by atoms with E-state index in [4.69, 9.17) is 16.3 Å². The lowest BCUT2D eigenvalue weighted by atomic mass is 10.2. The summed E-state index contributed by atoms with van der Waals surface area (Å²) in [7, 11) is 0. The molecule has 0 saturated heterocycles. The number of nitrogens with zero attached hydrogens (tertiary/aromatic N) is 1. The molecule has 0 saturated carbocycles. The molecule has 3 nitrogen and oxygen atoms in total. The van der Waals surface area contributed by atoms with Crippen molar-refractivity contribution in [1.29, 1.82) is 0 Å². The molecular weight excluding hydrogens is 326 g/mol. The molecule has 0 aliphatic rings. The van der Waals surface area contributed by atoms with Crippen LogP contribution in [0.5, 0.6) is 5.88 Å². The van der Waals surface area contributed by atoms with Crippen LogP contribution < -0.4 is 4.74 Å². The van der Waals surface area contributed by atoms with Gasteiger partial charge in [0.25, 0.3) is 0 Å². The highest BCUT2D eigenvalue weighted by atomic mass is 79.9. The van der Waals surface area contributed by atoms with Gasteiger partial charge in [-0.2, -0.15) is 4.98 Å². The van der Waals surface area contributed by atoms with Gasteiger partial charge in [-0.05, 0) is 33.6 Å². The second kappa shape index (κ2) is 5.16. The Balaban J connectivity index is 2.47. The van der Waals surface area contributed by atoms with E-state index >= 15 is 0 Å². The first-order chi connectivity index (χ1) is 8.06. The monoisotopic (exact) mass is 331 g/mol. The Morgan fingerprint density at radius 3 is 2.94 bits per heavy atom. The number of carbonyl (C=O) groups excluding carboxylic acids is 1. The van der Waals surface area contributed by atoms with E-state index in [1.807, 2.05) is 12.1 Å². The molecule has 88 valence electrons. The fourth-order valence-corrected chi connectivity index (χ4v) is 2.85. The van der Waals surface area contributed by atoms with E-state index < -0.39 is 5.97 Å². The molecule has 6 heteroatoms. The molecule has 2 rings (SSSR count). The van der Waals surface area contributed by atoms with Crippen LogP contribution in [0.1, 0.15) is 6.92 Å². The van der Waals surface area contributed by atoms with E-state index in [1.165, 1.54) is 18.3 Å². The second-order valence-electron chi connectivity index (χ2n) is 3.21. The molecule has 0 aliphatic carbocycles. The molecule has 0 radical (unpaired) electrons. The van der Waals surface area contributed by atoms with Crippen molar-refractivity contribution in [2.24, 2.45) is 0 Å². The number of thiazole rings is 1. The lowest BCUT2D eigenvalue weighted by Crippen LogP contribution is -2.02. The molecule has 0 unspecified atom stereocenters. The van der Waals surface area contributed by atoms with E-state index in [9.17, 15) is 4.79 Å². The molecule has 1 aromatic carbocycles. The molecule has 0 bridgehead atoms. The van der Waals surface area contributed by atoms with Crippen molar-refractivity contribution in [3.8, 4) is 16.3 Å². The van der Waals surface area contributed by atoms with Crippen LogP contribution in [0.2, 0.25) is 5.02 Å². The average molecular weight is 333 g/mol. The molecule has 0 fully saturated rings. The normalized spacial score (nSPS) is 10.3. The van der Waals surface area contributed by atoms with Crippen molar-refractivity contribution < 1.29 is 9.53 Å². The first-order valence-corrected chi connectivity index (χ1v) is 6.65. The fraction of sp³-hybridized carbons (Fsp3) is 0.0909. The van der Waals surface area contributed by atoms with E-state index in [0.717, 1.165) is 10.4 Å². The highest BCUT2D eigenvalue weighted by Crippen LogP contribution is 2.38.